The third-order valence-corrected chi connectivity index (χ3v) is 8.89. The summed E-state index contributed by atoms with van der Waals surface area (Å²) in [7, 11) is 0. The molecule has 1 aromatic heterocycles. The van der Waals surface area contributed by atoms with Crippen LogP contribution in [0.15, 0.2) is 30.5 Å². The molecule has 2 aliphatic carbocycles. The number of halogens is 4. The highest BCUT2D eigenvalue weighted by atomic mass is 19.4. The molecule has 3 amide bonds. The van der Waals surface area contributed by atoms with E-state index >= 15 is 4.39 Å². The molecule has 2 unspecified atom stereocenters. The molecule has 2 aromatic rings. The topological polar surface area (TPSA) is 99.6 Å². The first-order chi connectivity index (χ1) is 20.8. The number of carbonyl (C=O) groups excluding carboxylic acids is 3. The van der Waals surface area contributed by atoms with Gasteiger partial charge in [0.1, 0.15) is 17.6 Å². The Bertz CT molecular complexity index is 1350. The van der Waals surface area contributed by atoms with Gasteiger partial charge in [-0.25, -0.2) is 4.39 Å². The number of rotatable bonds is 11. The second kappa shape index (κ2) is 12.9. The van der Waals surface area contributed by atoms with Crippen LogP contribution in [0, 0.1) is 23.6 Å². The van der Waals surface area contributed by atoms with E-state index in [1.807, 2.05) is 13.8 Å². The molecule has 44 heavy (non-hydrogen) atoms. The molecule has 2 saturated carbocycles. The van der Waals surface area contributed by atoms with E-state index in [2.05, 4.69) is 15.7 Å². The summed E-state index contributed by atoms with van der Waals surface area (Å²) in [6.07, 6.45) is 1.18. The smallest absolute Gasteiger partial charge is 0.340 e. The fourth-order valence-electron chi connectivity index (χ4n) is 6.26. The first-order valence-electron chi connectivity index (χ1n) is 15.3. The number of hydrogen-bond acceptors (Lipinski definition) is 5. The maximum absolute atomic E-state index is 15.4. The molecule has 1 saturated heterocycles. The summed E-state index contributed by atoms with van der Waals surface area (Å²) in [5.41, 5.74) is 0.680. The van der Waals surface area contributed by atoms with Crippen molar-refractivity contribution in [1.82, 2.24) is 24.9 Å². The number of nitrogens with zero attached hydrogens (tertiary/aromatic N) is 4. The van der Waals surface area contributed by atoms with Gasteiger partial charge in [0.05, 0.1) is 18.2 Å². The summed E-state index contributed by atoms with van der Waals surface area (Å²) in [5, 5.41) is 9.85. The van der Waals surface area contributed by atoms with Crippen LogP contribution in [0.3, 0.4) is 0 Å². The predicted molar refractivity (Wildman–Crippen MR) is 155 cm³/mol. The van der Waals surface area contributed by atoms with Crippen LogP contribution in [-0.2, 0) is 9.59 Å². The van der Waals surface area contributed by atoms with Crippen molar-refractivity contribution in [3.05, 3.63) is 47.5 Å². The van der Waals surface area contributed by atoms with Crippen molar-refractivity contribution in [2.24, 2.45) is 17.8 Å². The molecular formula is C31H40F4N6O3. The van der Waals surface area contributed by atoms with E-state index in [-0.39, 0.29) is 49.7 Å². The minimum Gasteiger partial charge on any atom is -0.340 e. The Morgan fingerprint density at radius 3 is 2.16 bits per heavy atom. The largest absolute Gasteiger partial charge is 0.401 e. The van der Waals surface area contributed by atoms with Crippen molar-refractivity contribution in [2.45, 2.75) is 70.6 Å². The molecule has 240 valence electrons. The average Bonchev–Trinajstić information content (AvgIpc) is 3.91. The van der Waals surface area contributed by atoms with Gasteiger partial charge >= 0.3 is 6.18 Å². The summed E-state index contributed by atoms with van der Waals surface area (Å²) in [6.45, 7) is 4.96. The van der Waals surface area contributed by atoms with Crippen LogP contribution in [-0.4, -0.2) is 82.2 Å². The van der Waals surface area contributed by atoms with Crippen LogP contribution in [0.4, 0.5) is 23.2 Å². The maximum Gasteiger partial charge on any atom is 0.401 e. The molecule has 1 aliphatic heterocycles. The van der Waals surface area contributed by atoms with E-state index in [9.17, 15) is 27.6 Å². The van der Waals surface area contributed by atoms with Gasteiger partial charge in [0.15, 0.2) is 0 Å². The molecule has 2 atom stereocenters. The third-order valence-electron chi connectivity index (χ3n) is 8.89. The van der Waals surface area contributed by atoms with Crippen LogP contribution < -0.4 is 10.6 Å². The van der Waals surface area contributed by atoms with Gasteiger partial charge in [-0.05, 0) is 88.0 Å². The van der Waals surface area contributed by atoms with E-state index < -0.39 is 42.3 Å². The molecule has 13 heteroatoms. The van der Waals surface area contributed by atoms with Gasteiger partial charge in [-0.15, -0.1) is 0 Å². The molecule has 0 radical (unpaired) electrons. The van der Waals surface area contributed by atoms with Crippen molar-refractivity contribution in [3.8, 4) is 0 Å². The molecule has 3 aliphatic rings. The Labute approximate surface area is 254 Å². The van der Waals surface area contributed by atoms with Crippen molar-refractivity contribution in [3.63, 3.8) is 0 Å². The van der Waals surface area contributed by atoms with E-state index in [0.29, 0.717) is 23.1 Å². The van der Waals surface area contributed by atoms with Crippen molar-refractivity contribution >= 4 is 23.4 Å². The van der Waals surface area contributed by atoms with Crippen LogP contribution in [0.2, 0.25) is 0 Å². The summed E-state index contributed by atoms with van der Waals surface area (Å²) < 4.78 is 55.1. The molecule has 0 spiro atoms. The van der Waals surface area contributed by atoms with Gasteiger partial charge in [-0.1, -0.05) is 6.07 Å². The lowest BCUT2D eigenvalue weighted by Crippen LogP contribution is -2.51. The second-order valence-corrected chi connectivity index (χ2v) is 12.6. The number of anilines is 1. The lowest BCUT2D eigenvalue weighted by Gasteiger charge is -2.36. The van der Waals surface area contributed by atoms with Gasteiger partial charge in [-0.2, -0.15) is 18.3 Å². The Kier molecular flexibility index (Phi) is 9.33. The van der Waals surface area contributed by atoms with Gasteiger partial charge < -0.3 is 15.5 Å². The van der Waals surface area contributed by atoms with Crippen LogP contribution in [0.25, 0.3) is 0 Å². The normalized spacial score (nSPS) is 19.2. The fraction of sp³-hybridized carbons (Fsp3) is 0.613. The summed E-state index contributed by atoms with van der Waals surface area (Å²) in [4.78, 5) is 42.9. The molecule has 9 nitrogen and oxygen atoms in total. The van der Waals surface area contributed by atoms with Gasteiger partial charge in [-0.3, -0.25) is 24.0 Å². The molecular weight excluding hydrogens is 580 g/mol. The van der Waals surface area contributed by atoms with E-state index in [4.69, 9.17) is 0 Å². The predicted octanol–water partition coefficient (Wildman–Crippen LogP) is 4.59. The third kappa shape index (κ3) is 7.59. The summed E-state index contributed by atoms with van der Waals surface area (Å²) in [5.74, 6) is -2.06. The number of aromatic nitrogens is 2. The average molecular weight is 621 g/mol. The number of amides is 3. The van der Waals surface area contributed by atoms with E-state index in [0.717, 1.165) is 25.7 Å². The number of piperazine rings is 1. The summed E-state index contributed by atoms with van der Waals surface area (Å²) >= 11 is 0. The van der Waals surface area contributed by atoms with Crippen molar-refractivity contribution in [1.29, 1.82) is 0 Å². The minimum atomic E-state index is -4.30. The molecule has 1 aromatic carbocycles. The zero-order valence-electron chi connectivity index (χ0n) is 25.2. The van der Waals surface area contributed by atoms with Crippen LogP contribution in [0.5, 0.6) is 0 Å². The number of benzene rings is 1. The maximum atomic E-state index is 15.4. The molecule has 5 rings (SSSR count). The van der Waals surface area contributed by atoms with Crippen LogP contribution in [0.1, 0.15) is 74.5 Å². The zero-order valence-corrected chi connectivity index (χ0v) is 25.2. The highest BCUT2D eigenvalue weighted by Crippen LogP contribution is 2.51. The minimum absolute atomic E-state index is 0.0500. The second-order valence-electron chi connectivity index (χ2n) is 12.6. The van der Waals surface area contributed by atoms with Crippen molar-refractivity contribution < 1.29 is 31.9 Å². The SMILES string of the molecule is CC(C(=O)N1CCN(CC(F)(F)F)CC1)c1ccc(NC(=O)C(NC(=O)c2ccnn2C(C)C)C(C2CC2)C2CC2)c(F)c1. The number of carbonyl (C=O) groups is 3. The lowest BCUT2D eigenvalue weighted by atomic mass is 9.88. The monoisotopic (exact) mass is 620 g/mol. The zero-order chi connectivity index (χ0) is 31.8. The van der Waals surface area contributed by atoms with E-state index in [1.54, 1.807) is 29.9 Å². The Morgan fingerprint density at radius 1 is 0.977 bits per heavy atom. The fourth-order valence-corrected chi connectivity index (χ4v) is 6.26. The standard InChI is InChI=1S/C31H40F4N6O3/c1-18(2)41-25(10-11-36-41)28(42)38-27(26(20-4-5-20)21-6-7-21)29(43)37-24-9-8-22(16-23(24)32)19(3)30(44)40-14-12-39(13-15-40)17-31(33,34)35/h8-11,16,18-21,26-27H,4-7,12-15,17H2,1-3H3,(H,37,43)(H,38,42). The quantitative estimate of drug-likeness (QED) is 0.359. The Hall–Kier alpha value is -3.48. The highest BCUT2D eigenvalue weighted by Gasteiger charge is 2.48. The Balaban J connectivity index is 1.26. The highest BCUT2D eigenvalue weighted by molar-refractivity contribution is 6.01. The van der Waals surface area contributed by atoms with Gasteiger partial charge in [0.2, 0.25) is 11.8 Å². The van der Waals surface area contributed by atoms with Crippen molar-refractivity contribution in [2.75, 3.05) is 38.0 Å². The molecule has 3 fully saturated rings. The molecule has 0 bridgehead atoms. The molecule has 2 heterocycles. The number of alkyl halides is 3. The first kappa shape index (κ1) is 31.9. The number of nitrogens with one attached hydrogen (secondary N) is 2. The van der Waals surface area contributed by atoms with E-state index in [1.165, 1.54) is 21.9 Å². The van der Waals surface area contributed by atoms with Crippen LogP contribution >= 0.6 is 0 Å². The first-order valence-corrected chi connectivity index (χ1v) is 15.3. The number of hydrogen-bond donors (Lipinski definition) is 2. The van der Waals surface area contributed by atoms with Gasteiger partial charge in [0.25, 0.3) is 5.91 Å². The summed E-state index contributed by atoms with van der Waals surface area (Å²) in [6, 6.07) is 4.87. The molecule has 2 N–H and O–H groups in total. The Morgan fingerprint density at radius 2 is 1.61 bits per heavy atom. The lowest BCUT2D eigenvalue weighted by molar-refractivity contribution is -0.152. The van der Waals surface area contributed by atoms with Gasteiger partial charge in [0, 0.05) is 38.4 Å².